The molecule has 0 spiro atoms. The van der Waals surface area contributed by atoms with E-state index in [0.29, 0.717) is 12.0 Å². The maximum atomic E-state index is 12.6. The summed E-state index contributed by atoms with van der Waals surface area (Å²) in [5.74, 6) is -0.492. The van der Waals surface area contributed by atoms with E-state index in [1.54, 1.807) is 13.0 Å². The molecule has 1 saturated heterocycles. The second-order valence-electron chi connectivity index (χ2n) is 6.62. The minimum absolute atomic E-state index is 0.113. The Bertz CT molecular complexity index is 606. The van der Waals surface area contributed by atoms with Crippen molar-refractivity contribution < 1.29 is 27.6 Å². The van der Waals surface area contributed by atoms with Crippen LogP contribution in [-0.4, -0.2) is 37.4 Å². The highest BCUT2D eigenvalue weighted by Gasteiger charge is 2.51. The van der Waals surface area contributed by atoms with Gasteiger partial charge in [-0.25, -0.2) is 0 Å². The van der Waals surface area contributed by atoms with Crippen LogP contribution in [-0.2, 0) is 9.31 Å². The fraction of sp³-hybridized carbons (Fsp3) is 0.562. The molecule has 24 heavy (non-hydrogen) atoms. The van der Waals surface area contributed by atoms with Crippen LogP contribution in [0, 0.1) is 0 Å². The molecule has 1 aliphatic rings. The first kappa shape index (κ1) is 18.7. The van der Waals surface area contributed by atoms with Crippen molar-refractivity contribution in [2.24, 2.45) is 0 Å². The number of halogens is 2. The molecule has 8 heteroatoms. The second kappa shape index (κ2) is 6.68. The van der Waals surface area contributed by atoms with E-state index in [9.17, 15) is 13.6 Å². The topological polar surface area (TPSA) is 56.8 Å². The summed E-state index contributed by atoms with van der Waals surface area (Å²) in [6.07, 6.45) is 0. The van der Waals surface area contributed by atoms with Crippen LogP contribution in [0.1, 0.15) is 45.0 Å². The minimum Gasteiger partial charge on any atom is -0.435 e. The summed E-state index contributed by atoms with van der Waals surface area (Å²) in [4.78, 5) is 12.1. The van der Waals surface area contributed by atoms with Crippen LogP contribution in [0.25, 0.3) is 0 Å². The Labute approximate surface area is 140 Å². The molecule has 1 aliphatic heterocycles. The Morgan fingerprint density at radius 3 is 2.29 bits per heavy atom. The molecule has 1 N–H and O–H groups in total. The van der Waals surface area contributed by atoms with Crippen LogP contribution in [0.3, 0.4) is 0 Å². The molecule has 0 unspecified atom stereocenters. The summed E-state index contributed by atoms with van der Waals surface area (Å²) < 4.78 is 41.4. The Kier molecular flexibility index (Phi) is 5.20. The molecule has 1 fully saturated rings. The number of hydrogen-bond acceptors (Lipinski definition) is 4. The van der Waals surface area contributed by atoms with Gasteiger partial charge in [-0.05, 0) is 58.3 Å². The van der Waals surface area contributed by atoms with Crippen molar-refractivity contribution in [3.8, 4) is 5.75 Å². The van der Waals surface area contributed by atoms with Gasteiger partial charge in [0.15, 0.2) is 0 Å². The van der Waals surface area contributed by atoms with Crippen molar-refractivity contribution >= 4 is 18.5 Å². The zero-order valence-corrected chi connectivity index (χ0v) is 14.5. The minimum atomic E-state index is -2.99. The number of ether oxygens (including phenoxy) is 1. The number of carbonyl (C=O) groups is 1. The smallest absolute Gasteiger partial charge is 0.435 e. The fourth-order valence-corrected chi connectivity index (χ4v) is 2.30. The summed E-state index contributed by atoms with van der Waals surface area (Å²) in [6.45, 7) is 6.75. The monoisotopic (exact) mass is 341 g/mol. The summed E-state index contributed by atoms with van der Waals surface area (Å²) in [5.41, 5.74) is -0.501. The standard InChI is InChI=1S/C16H22BF2NO4/c1-6-20-13(21)10-7-11(9-12(8-10)22-14(18)19)17-23-15(2,3)16(4,5)24-17/h7-9,14H,6H2,1-5H3,(H,20,21). The molecule has 2 rings (SSSR count). The first-order valence-corrected chi connectivity index (χ1v) is 7.79. The van der Waals surface area contributed by atoms with Crippen molar-refractivity contribution in [1.82, 2.24) is 5.32 Å². The highest BCUT2D eigenvalue weighted by Crippen LogP contribution is 2.36. The number of carbonyl (C=O) groups excluding carboxylic acids is 1. The van der Waals surface area contributed by atoms with Crippen LogP contribution >= 0.6 is 0 Å². The third-order valence-electron chi connectivity index (χ3n) is 4.28. The lowest BCUT2D eigenvalue weighted by Crippen LogP contribution is -2.41. The van der Waals surface area contributed by atoms with Gasteiger partial charge in [-0.2, -0.15) is 8.78 Å². The van der Waals surface area contributed by atoms with Crippen LogP contribution in [0.4, 0.5) is 8.78 Å². The van der Waals surface area contributed by atoms with Crippen molar-refractivity contribution in [3.05, 3.63) is 23.8 Å². The maximum Gasteiger partial charge on any atom is 0.494 e. The van der Waals surface area contributed by atoms with Gasteiger partial charge in [-0.15, -0.1) is 0 Å². The van der Waals surface area contributed by atoms with Gasteiger partial charge in [0.25, 0.3) is 5.91 Å². The lowest BCUT2D eigenvalue weighted by Gasteiger charge is -2.32. The molecule has 0 radical (unpaired) electrons. The van der Waals surface area contributed by atoms with Gasteiger partial charge in [-0.3, -0.25) is 4.79 Å². The molecule has 5 nitrogen and oxygen atoms in total. The van der Waals surface area contributed by atoms with E-state index in [2.05, 4.69) is 10.1 Å². The SMILES string of the molecule is CCNC(=O)c1cc(OC(F)F)cc(B2OC(C)(C)C(C)(C)O2)c1. The normalized spacial score (nSPS) is 18.8. The Balaban J connectivity index is 2.38. The van der Waals surface area contributed by atoms with E-state index in [1.807, 2.05) is 27.7 Å². The van der Waals surface area contributed by atoms with Gasteiger partial charge >= 0.3 is 13.7 Å². The molecule has 132 valence electrons. The molecule has 1 amide bonds. The lowest BCUT2D eigenvalue weighted by atomic mass is 9.78. The van der Waals surface area contributed by atoms with Crippen molar-refractivity contribution in [1.29, 1.82) is 0 Å². The fourth-order valence-electron chi connectivity index (χ4n) is 2.30. The second-order valence-corrected chi connectivity index (χ2v) is 6.62. The highest BCUT2D eigenvalue weighted by molar-refractivity contribution is 6.62. The van der Waals surface area contributed by atoms with Gasteiger partial charge in [-0.1, -0.05) is 0 Å². The maximum absolute atomic E-state index is 12.6. The summed E-state index contributed by atoms with van der Waals surface area (Å²) in [5, 5.41) is 2.63. The molecule has 0 bridgehead atoms. The van der Waals surface area contributed by atoms with Crippen LogP contribution in [0.2, 0.25) is 0 Å². The van der Waals surface area contributed by atoms with Crippen LogP contribution < -0.4 is 15.5 Å². The molecule has 0 aromatic heterocycles. The molecular weight excluding hydrogens is 319 g/mol. The first-order chi connectivity index (χ1) is 11.1. The van der Waals surface area contributed by atoms with E-state index in [1.165, 1.54) is 12.1 Å². The number of alkyl halides is 2. The third-order valence-corrected chi connectivity index (χ3v) is 4.28. The average Bonchev–Trinajstić information content (AvgIpc) is 2.66. The van der Waals surface area contributed by atoms with Gasteiger partial charge in [0, 0.05) is 12.1 Å². The predicted molar refractivity (Wildman–Crippen MR) is 86.8 cm³/mol. The zero-order chi connectivity index (χ0) is 18.1. The summed E-state index contributed by atoms with van der Waals surface area (Å²) in [7, 11) is -0.774. The number of nitrogens with one attached hydrogen (secondary N) is 1. The summed E-state index contributed by atoms with van der Waals surface area (Å²) in [6, 6.07) is 4.23. The van der Waals surface area contributed by atoms with Crippen LogP contribution in [0.5, 0.6) is 5.75 Å². The molecule has 0 atom stereocenters. The lowest BCUT2D eigenvalue weighted by molar-refractivity contribution is -0.0498. The first-order valence-electron chi connectivity index (χ1n) is 7.79. The van der Waals surface area contributed by atoms with Crippen molar-refractivity contribution in [2.45, 2.75) is 52.4 Å². The van der Waals surface area contributed by atoms with E-state index in [4.69, 9.17) is 9.31 Å². The Morgan fingerprint density at radius 2 is 1.79 bits per heavy atom. The Morgan fingerprint density at radius 1 is 1.21 bits per heavy atom. The van der Waals surface area contributed by atoms with Crippen LogP contribution in [0.15, 0.2) is 18.2 Å². The van der Waals surface area contributed by atoms with E-state index in [-0.39, 0.29) is 17.2 Å². The van der Waals surface area contributed by atoms with Gasteiger partial charge < -0.3 is 19.4 Å². The number of hydrogen-bond donors (Lipinski definition) is 1. The predicted octanol–water partition coefficient (Wildman–Crippen LogP) is 2.34. The molecular formula is C16H22BF2NO4. The van der Waals surface area contributed by atoms with E-state index < -0.39 is 24.9 Å². The largest absolute Gasteiger partial charge is 0.494 e. The number of amides is 1. The van der Waals surface area contributed by atoms with E-state index in [0.717, 1.165) is 0 Å². The third kappa shape index (κ3) is 3.87. The van der Waals surface area contributed by atoms with Gasteiger partial charge in [0.1, 0.15) is 5.75 Å². The average molecular weight is 341 g/mol. The number of benzene rings is 1. The highest BCUT2D eigenvalue weighted by atomic mass is 19.3. The van der Waals surface area contributed by atoms with E-state index >= 15 is 0 Å². The molecule has 1 aromatic rings. The number of rotatable bonds is 5. The molecule has 0 saturated carbocycles. The zero-order valence-electron chi connectivity index (χ0n) is 14.5. The van der Waals surface area contributed by atoms with Gasteiger partial charge in [0.05, 0.1) is 11.2 Å². The van der Waals surface area contributed by atoms with Crippen molar-refractivity contribution in [3.63, 3.8) is 0 Å². The molecule has 1 heterocycles. The molecule has 0 aliphatic carbocycles. The Hall–Kier alpha value is -1.67. The summed E-state index contributed by atoms with van der Waals surface area (Å²) >= 11 is 0. The van der Waals surface area contributed by atoms with Gasteiger partial charge in [0.2, 0.25) is 0 Å². The van der Waals surface area contributed by atoms with Crippen molar-refractivity contribution in [2.75, 3.05) is 6.54 Å². The molecule has 1 aromatic carbocycles. The quantitative estimate of drug-likeness (QED) is 0.836.